The van der Waals surface area contributed by atoms with Crippen LogP contribution in [0, 0.1) is 19.3 Å². The molecule has 0 unspecified atom stereocenters. The average Bonchev–Trinajstić information content (AvgIpc) is 2.71. The molecule has 2 aromatic rings. The normalized spacial score (nSPS) is 13.7. The molecule has 192 valence electrons. The molecular weight excluding hydrogens is 501 g/mol. The van der Waals surface area contributed by atoms with E-state index in [4.69, 9.17) is 11.6 Å². The number of aliphatic imine (C=N–C) groups is 1. The van der Waals surface area contributed by atoms with Crippen molar-refractivity contribution in [2.45, 2.75) is 52.6 Å². The van der Waals surface area contributed by atoms with Gasteiger partial charge in [-0.3, -0.25) is 4.79 Å². The zero-order chi connectivity index (χ0) is 27.0. The minimum Gasteiger partial charge on any atom is -0.352 e. The van der Waals surface area contributed by atoms with Gasteiger partial charge in [0.15, 0.2) is 0 Å². The van der Waals surface area contributed by atoms with Crippen LogP contribution in [0.2, 0.25) is 0 Å². The maximum absolute atomic E-state index is 14.5. The summed E-state index contributed by atoms with van der Waals surface area (Å²) >= 11 is 6.27. The second-order valence-corrected chi connectivity index (χ2v) is 9.70. The van der Waals surface area contributed by atoms with E-state index in [2.05, 4.69) is 10.3 Å². The molecule has 0 bridgehead atoms. The molecule has 0 aliphatic carbocycles. The first kappa shape index (κ1) is 28.6. The quantitative estimate of drug-likeness (QED) is 0.316. The number of carbonyl (C=O) groups excluding carboxylic acids is 1. The zero-order valence-electron chi connectivity index (χ0n) is 19.6. The third-order valence-corrected chi connectivity index (χ3v) is 5.33. The van der Waals surface area contributed by atoms with Gasteiger partial charge in [-0.15, -0.1) is 0 Å². The largest absolute Gasteiger partial charge is 0.435 e. The first-order valence-corrected chi connectivity index (χ1v) is 10.7. The molecule has 0 aliphatic heterocycles. The summed E-state index contributed by atoms with van der Waals surface area (Å²) in [5, 5.41) is 2.62. The van der Waals surface area contributed by atoms with Crippen molar-refractivity contribution in [3.8, 4) is 0 Å². The van der Waals surface area contributed by atoms with Crippen LogP contribution in [0.5, 0.6) is 0 Å². The van der Waals surface area contributed by atoms with Crippen LogP contribution >= 0.6 is 11.6 Å². The molecule has 2 aromatic carbocycles. The highest BCUT2D eigenvalue weighted by Crippen LogP contribution is 2.54. The Morgan fingerprint density at radius 1 is 0.886 bits per heavy atom. The Hall–Kier alpha value is -2.62. The molecule has 0 saturated heterocycles. The number of halogens is 8. The SMILES string of the molecule is Cc1cc(C(F)(C(F)(F)F)C(F)(F)F)cc(C)c1N=C(Cl)c1cccc(C(=O)NCC(C)(C)C)c1. The first-order valence-electron chi connectivity index (χ1n) is 10.3. The van der Waals surface area contributed by atoms with Crippen LogP contribution in [-0.2, 0) is 5.67 Å². The van der Waals surface area contributed by atoms with E-state index < -0.39 is 23.6 Å². The van der Waals surface area contributed by atoms with Gasteiger partial charge in [0.1, 0.15) is 5.17 Å². The Bertz CT molecular complexity index is 1090. The monoisotopic (exact) mass is 524 g/mol. The first-order chi connectivity index (χ1) is 15.8. The van der Waals surface area contributed by atoms with Gasteiger partial charge in [0.2, 0.25) is 0 Å². The number of amides is 1. The van der Waals surface area contributed by atoms with Crippen LogP contribution in [0.25, 0.3) is 0 Å². The third-order valence-electron chi connectivity index (χ3n) is 5.02. The smallest absolute Gasteiger partial charge is 0.352 e. The van der Waals surface area contributed by atoms with Gasteiger partial charge in [-0.2, -0.15) is 26.3 Å². The second kappa shape index (κ2) is 9.79. The average molecular weight is 525 g/mol. The Labute approximate surface area is 203 Å². The summed E-state index contributed by atoms with van der Waals surface area (Å²) in [6.45, 7) is 8.64. The highest BCUT2D eigenvalue weighted by atomic mass is 35.5. The number of alkyl halides is 7. The lowest BCUT2D eigenvalue weighted by atomic mass is 9.90. The fraction of sp³-hybridized carbons (Fsp3) is 0.417. The maximum Gasteiger partial charge on any atom is 0.435 e. The van der Waals surface area contributed by atoms with Gasteiger partial charge >= 0.3 is 18.0 Å². The number of nitrogens with one attached hydrogen (secondary N) is 1. The summed E-state index contributed by atoms with van der Waals surface area (Å²) in [4.78, 5) is 16.5. The fourth-order valence-electron chi connectivity index (χ4n) is 3.22. The molecule has 0 aromatic heterocycles. The fourth-order valence-corrected chi connectivity index (χ4v) is 3.42. The Morgan fingerprint density at radius 2 is 1.37 bits per heavy atom. The van der Waals surface area contributed by atoms with Crippen LogP contribution in [-0.4, -0.2) is 30.0 Å². The van der Waals surface area contributed by atoms with E-state index in [1.807, 2.05) is 20.8 Å². The molecule has 0 aliphatic rings. The molecule has 0 saturated carbocycles. The Morgan fingerprint density at radius 3 is 1.83 bits per heavy atom. The second-order valence-electron chi connectivity index (χ2n) is 9.34. The van der Waals surface area contributed by atoms with Gasteiger partial charge in [-0.25, -0.2) is 9.38 Å². The topological polar surface area (TPSA) is 41.5 Å². The van der Waals surface area contributed by atoms with E-state index in [0.29, 0.717) is 24.2 Å². The lowest BCUT2D eigenvalue weighted by Gasteiger charge is -2.31. The van der Waals surface area contributed by atoms with Crippen LogP contribution in [0.15, 0.2) is 41.4 Å². The summed E-state index contributed by atoms with van der Waals surface area (Å²) in [6.07, 6.45) is -12.4. The predicted octanol–water partition coefficient (Wildman–Crippen LogP) is 7.69. The van der Waals surface area contributed by atoms with E-state index in [-0.39, 0.29) is 38.9 Å². The van der Waals surface area contributed by atoms with Crippen LogP contribution in [0.3, 0.4) is 0 Å². The standard InChI is InChI=1S/C24H24ClF7N2O/c1-13-9-17(22(26,23(27,28)29)24(30,31)32)10-14(2)18(13)34-19(25)15-7-6-8-16(11-15)20(35)33-12-21(3,4)5/h6-11H,12H2,1-5H3,(H,33,35). The van der Waals surface area contributed by atoms with Gasteiger partial charge in [-0.1, -0.05) is 56.6 Å². The molecule has 0 fully saturated rings. The molecule has 1 amide bonds. The molecule has 3 nitrogen and oxygen atoms in total. The Kier molecular flexibility index (Phi) is 8.01. The van der Waals surface area contributed by atoms with E-state index in [0.717, 1.165) is 0 Å². The van der Waals surface area contributed by atoms with Gasteiger partial charge in [0, 0.05) is 23.2 Å². The number of benzene rings is 2. The van der Waals surface area contributed by atoms with Crippen molar-refractivity contribution < 1.29 is 35.5 Å². The molecule has 0 radical (unpaired) electrons. The van der Waals surface area contributed by atoms with Gasteiger partial charge in [0.05, 0.1) is 5.69 Å². The highest BCUT2D eigenvalue weighted by molar-refractivity contribution is 6.69. The predicted molar refractivity (Wildman–Crippen MR) is 121 cm³/mol. The van der Waals surface area contributed by atoms with Crippen LogP contribution < -0.4 is 5.32 Å². The van der Waals surface area contributed by atoms with Crippen molar-refractivity contribution in [2.75, 3.05) is 6.54 Å². The van der Waals surface area contributed by atoms with Crippen molar-refractivity contribution in [1.82, 2.24) is 5.32 Å². The Balaban J connectivity index is 2.46. The van der Waals surface area contributed by atoms with Crippen molar-refractivity contribution in [2.24, 2.45) is 10.4 Å². The molecule has 1 N–H and O–H groups in total. The van der Waals surface area contributed by atoms with Crippen LogP contribution in [0.1, 0.15) is 53.4 Å². The molecule has 0 heterocycles. The molecule has 0 atom stereocenters. The van der Waals surface area contributed by atoms with E-state index in [1.165, 1.54) is 26.0 Å². The number of aryl methyl sites for hydroxylation is 2. The summed E-state index contributed by atoms with van der Waals surface area (Å²) in [5.41, 5.74) is -7.03. The van der Waals surface area contributed by atoms with Crippen molar-refractivity contribution in [3.05, 3.63) is 64.2 Å². The van der Waals surface area contributed by atoms with E-state index in [1.54, 1.807) is 12.1 Å². The molecular formula is C24H24ClF7N2O. The molecule has 0 spiro atoms. The third kappa shape index (κ3) is 6.34. The summed E-state index contributed by atoms with van der Waals surface area (Å²) < 4.78 is 93.2. The lowest BCUT2D eigenvalue weighted by Crippen LogP contribution is -2.50. The van der Waals surface area contributed by atoms with Crippen molar-refractivity contribution >= 4 is 28.4 Å². The number of hydrogen-bond acceptors (Lipinski definition) is 2. The molecule has 35 heavy (non-hydrogen) atoms. The maximum atomic E-state index is 14.5. The number of carbonyl (C=O) groups is 1. The van der Waals surface area contributed by atoms with Gasteiger partial charge in [0.25, 0.3) is 5.91 Å². The molecule has 11 heteroatoms. The van der Waals surface area contributed by atoms with Crippen molar-refractivity contribution in [3.63, 3.8) is 0 Å². The number of hydrogen-bond donors (Lipinski definition) is 1. The highest BCUT2D eigenvalue weighted by Gasteiger charge is 2.73. The number of rotatable bonds is 5. The van der Waals surface area contributed by atoms with E-state index >= 15 is 0 Å². The van der Waals surface area contributed by atoms with E-state index in [9.17, 15) is 35.5 Å². The number of nitrogens with zero attached hydrogens (tertiary/aromatic N) is 1. The van der Waals surface area contributed by atoms with Crippen LogP contribution in [0.4, 0.5) is 36.4 Å². The molecule has 2 rings (SSSR count). The van der Waals surface area contributed by atoms with Crippen molar-refractivity contribution in [1.29, 1.82) is 0 Å². The van der Waals surface area contributed by atoms with Gasteiger partial charge < -0.3 is 5.32 Å². The lowest BCUT2D eigenvalue weighted by molar-refractivity contribution is -0.348. The summed E-state index contributed by atoms with van der Waals surface area (Å²) in [5.74, 6) is -0.360. The van der Waals surface area contributed by atoms with Gasteiger partial charge in [-0.05, 0) is 42.5 Å². The minimum atomic E-state index is -6.22. The summed E-state index contributed by atoms with van der Waals surface area (Å²) in [7, 11) is 0. The minimum absolute atomic E-state index is 0.0203. The summed E-state index contributed by atoms with van der Waals surface area (Å²) in [6, 6.07) is 6.98. The zero-order valence-corrected chi connectivity index (χ0v) is 20.3.